The van der Waals surface area contributed by atoms with Crippen molar-refractivity contribution in [3.05, 3.63) is 11.6 Å². The molecule has 0 heterocycles. The molecule has 4 aliphatic rings. The summed E-state index contributed by atoms with van der Waals surface area (Å²) >= 11 is 0. The molecule has 4 aliphatic carbocycles. The third-order valence-electron chi connectivity index (χ3n) is 8.10. The van der Waals surface area contributed by atoms with Gasteiger partial charge >= 0.3 is 0 Å². The molecule has 0 aromatic carbocycles. The number of allylic oxidation sites excluding steroid dienone is 2. The van der Waals surface area contributed by atoms with Gasteiger partial charge in [0.05, 0.1) is 0 Å². The van der Waals surface area contributed by atoms with Crippen LogP contribution in [0.4, 0.5) is 0 Å². The second kappa shape index (κ2) is 4.70. The van der Waals surface area contributed by atoms with Crippen LogP contribution in [-0.4, -0.2) is 6.29 Å². The van der Waals surface area contributed by atoms with Crippen LogP contribution in [0, 0.1) is 34.5 Å². The Bertz CT molecular complexity index is 478. The molecule has 1 unspecified atom stereocenters. The molecule has 3 fully saturated rings. The Hall–Kier alpha value is -0.590. The molecule has 0 amide bonds. The summed E-state index contributed by atoms with van der Waals surface area (Å²) in [4.78, 5) is 11.2. The van der Waals surface area contributed by atoms with Crippen LogP contribution in [0.15, 0.2) is 11.6 Å². The lowest BCUT2D eigenvalue weighted by molar-refractivity contribution is -0.110. The van der Waals surface area contributed by atoms with E-state index in [-0.39, 0.29) is 5.92 Å². The Morgan fingerprint density at radius 1 is 1.05 bits per heavy atom. The highest BCUT2D eigenvalue weighted by atomic mass is 16.1. The lowest BCUT2D eigenvalue weighted by atomic mass is 9.47. The molecule has 6 atom stereocenters. The van der Waals surface area contributed by atoms with E-state index in [1.165, 1.54) is 57.7 Å². The third kappa shape index (κ3) is 1.92. The van der Waals surface area contributed by atoms with E-state index in [0.717, 1.165) is 24.2 Å². The number of hydrogen-bond acceptors (Lipinski definition) is 1. The van der Waals surface area contributed by atoms with Crippen LogP contribution >= 0.6 is 0 Å². The molecule has 0 N–H and O–H groups in total. The van der Waals surface area contributed by atoms with Gasteiger partial charge in [-0.2, -0.15) is 0 Å². The highest BCUT2D eigenvalue weighted by Crippen LogP contribution is 2.65. The fourth-order valence-corrected chi connectivity index (χ4v) is 6.86. The number of aldehydes is 1. The summed E-state index contributed by atoms with van der Waals surface area (Å²) in [6, 6.07) is 0. The maximum Gasteiger partial charge on any atom is 0.126 e. The minimum Gasteiger partial charge on any atom is -0.303 e. The van der Waals surface area contributed by atoms with Gasteiger partial charge in [0.1, 0.15) is 6.29 Å². The molecule has 1 nitrogen and oxygen atoms in total. The van der Waals surface area contributed by atoms with Gasteiger partial charge in [-0.3, -0.25) is 0 Å². The van der Waals surface area contributed by atoms with Crippen LogP contribution in [0.2, 0.25) is 0 Å². The Kier molecular flexibility index (Phi) is 3.14. The lowest BCUT2D eigenvalue weighted by Gasteiger charge is -2.57. The van der Waals surface area contributed by atoms with Crippen molar-refractivity contribution >= 4 is 6.29 Å². The normalized spacial score (nSPS) is 52.4. The van der Waals surface area contributed by atoms with Crippen molar-refractivity contribution in [3.63, 3.8) is 0 Å². The maximum absolute atomic E-state index is 11.2. The summed E-state index contributed by atoms with van der Waals surface area (Å²) in [5.74, 6) is 3.09. The Balaban J connectivity index is 1.66. The van der Waals surface area contributed by atoms with Gasteiger partial charge in [0.2, 0.25) is 0 Å². The maximum atomic E-state index is 11.2. The van der Waals surface area contributed by atoms with Crippen LogP contribution in [0.25, 0.3) is 0 Å². The van der Waals surface area contributed by atoms with Gasteiger partial charge in [0, 0.05) is 5.92 Å². The van der Waals surface area contributed by atoms with Crippen LogP contribution in [0.3, 0.4) is 0 Å². The van der Waals surface area contributed by atoms with Gasteiger partial charge in [-0.15, -0.1) is 0 Å². The Labute approximate surface area is 129 Å². The van der Waals surface area contributed by atoms with Crippen molar-refractivity contribution in [3.8, 4) is 0 Å². The fourth-order valence-electron chi connectivity index (χ4n) is 6.86. The van der Waals surface area contributed by atoms with Gasteiger partial charge in [0.15, 0.2) is 0 Å². The van der Waals surface area contributed by atoms with Crippen molar-refractivity contribution in [2.45, 2.75) is 71.6 Å². The standard InChI is InChI=1S/C20H30O/c1-19-9-3-4-17(19)16-6-5-15-12-14(13-21)7-11-20(15,2)18(16)8-10-19/h12-14,16-18H,3-11H2,1-2H3/t14?,16-,17-,18-,19-,20-/m0/s1. The molecule has 0 aromatic rings. The average molecular weight is 286 g/mol. The molecule has 0 spiro atoms. The van der Waals surface area contributed by atoms with E-state index in [0.29, 0.717) is 10.8 Å². The first-order chi connectivity index (χ1) is 10.1. The van der Waals surface area contributed by atoms with Crippen LogP contribution in [-0.2, 0) is 4.79 Å². The van der Waals surface area contributed by atoms with Crippen molar-refractivity contribution in [1.29, 1.82) is 0 Å². The molecule has 0 radical (unpaired) electrons. The third-order valence-corrected chi connectivity index (χ3v) is 8.10. The van der Waals surface area contributed by atoms with Gasteiger partial charge in [-0.05, 0) is 80.0 Å². The highest BCUT2D eigenvalue weighted by molar-refractivity contribution is 5.58. The Morgan fingerprint density at radius 2 is 1.90 bits per heavy atom. The second-order valence-corrected chi connectivity index (χ2v) is 8.95. The summed E-state index contributed by atoms with van der Waals surface area (Å²) in [5, 5.41) is 0. The number of hydrogen-bond donors (Lipinski definition) is 0. The monoisotopic (exact) mass is 286 g/mol. The van der Waals surface area contributed by atoms with E-state index in [2.05, 4.69) is 19.9 Å². The summed E-state index contributed by atoms with van der Waals surface area (Å²) in [5.41, 5.74) is 2.74. The predicted molar refractivity (Wildman–Crippen MR) is 85.9 cm³/mol. The molecule has 0 bridgehead atoms. The minimum atomic E-state index is 0.213. The lowest BCUT2D eigenvalue weighted by Crippen LogP contribution is -2.49. The molecule has 0 aromatic heterocycles. The van der Waals surface area contributed by atoms with Crippen molar-refractivity contribution < 1.29 is 4.79 Å². The quantitative estimate of drug-likeness (QED) is 0.481. The highest BCUT2D eigenvalue weighted by Gasteiger charge is 2.55. The summed E-state index contributed by atoms with van der Waals surface area (Å²) in [6.45, 7) is 5.12. The van der Waals surface area contributed by atoms with Gasteiger partial charge < -0.3 is 4.79 Å². The summed E-state index contributed by atoms with van der Waals surface area (Å²) in [6.07, 6.45) is 15.9. The number of carbonyl (C=O) groups excluding carboxylic acids is 1. The van der Waals surface area contributed by atoms with Gasteiger partial charge in [-0.25, -0.2) is 0 Å². The van der Waals surface area contributed by atoms with E-state index < -0.39 is 0 Å². The van der Waals surface area contributed by atoms with E-state index in [1.54, 1.807) is 5.57 Å². The summed E-state index contributed by atoms with van der Waals surface area (Å²) < 4.78 is 0. The number of carbonyl (C=O) groups is 1. The van der Waals surface area contributed by atoms with Gasteiger partial charge in [-0.1, -0.05) is 31.9 Å². The molecule has 116 valence electrons. The number of fused-ring (bicyclic) bond motifs is 5. The zero-order valence-corrected chi connectivity index (χ0v) is 13.7. The fraction of sp³-hybridized carbons (Fsp3) is 0.850. The topological polar surface area (TPSA) is 17.1 Å². The largest absolute Gasteiger partial charge is 0.303 e. The molecule has 0 saturated heterocycles. The zero-order valence-electron chi connectivity index (χ0n) is 13.7. The Morgan fingerprint density at radius 3 is 2.71 bits per heavy atom. The van der Waals surface area contributed by atoms with Crippen LogP contribution in [0.1, 0.15) is 71.6 Å². The first-order valence-corrected chi connectivity index (χ1v) is 9.23. The SMILES string of the molecule is C[C@@]12CCC[C@H]1[C@@H]1CCC3=CC(C=O)CC[C@]3(C)[C@H]1CC2. The average Bonchev–Trinajstić information content (AvgIpc) is 2.88. The van der Waals surface area contributed by atoms with Crippen molar-refractivity contribution in [2.24, 2.45) is 34.5 Å². The molecular weight excluding hydrogens is 256 g/mol. The van der Waals surface area contributed by atoms with Crippen molar-refractivity contribution in [1.82, 2.24) is 0 Å². The first-order valence-electron chi connectivity index (χ1n) is 9.23. The van der Waals surface area contributed by atoms with Crippen molar-refractivity contribution in [2.75, 3.05) is 0 Å². The number of rotatable bonds is 1. The van der Waals surface area contributed by atoms with E-state index in [4.69, 9.17) is 0 Å². The van der Waals surface area contributed by atoms with Crippen LogP contribution in [0.5, 0.6) is 0 Å². The molecule has 3 saturated carbocycles. The smallest absolute Gasteiger partial charge is 0.126 e. The minimum absolute atomic E-state index is 0.213. The molecule has 0 aliphatic heterocycles. The molecule has 1 heteroatoms. The molecular formula is C20H30O. The van der Waals surface area contributed by atoms with E-state index in [1.807, 2.05) is 0 Å². The molecule has 4 rings (SSSR count). The van der Waals surface area contributed by atoms with Crippen LogP contribution < -0.4 is 0 Å². The zero-order chi connectivity index (χ0) is 14.7. The van der Waals surface area contributed by atoms with E-state index in [9.17, 15) is 4.79 Å². The first kappa shape index (κ1) is 14.0. The second-order valence-electron chi connectivity index (χ2n) is 8.95. The summed E-state index contributed by atoms with van der Waals surface area (Å²) in [7, 11) is 0. The van der Waals surface area contributed by atoms with Gasteiger partial charge in [0.25, 0.3) is 0 Å². The predicted octanol–water partition coefficient (Wildman–Crippen LogP) is 5.15. The molecule has 21 heavy (non-hydrogen) atoms. The van der Waals surface area contributed by atoms with E-state index >= 15 is 0 Å².